The molecule has 2 atom stereocenters. The minimum atomic E-state index is 0.343. The van der Waals surface area contributed by atoms with Crippen molar-refractivity contribution in [2.75, 3.05) is 16.5 Å². The van der Waals surface area contributed by atoms with Gasteiger partial charge in [-0.1, -0.05) is 72.8 Å². The first-order valence-electron chi connectivity index (χ1n) is 8.98. The van der Waals surface area contributed by atoms with Crippen molar-refractivity contribution in [3.63, 3.8) is 0 Å². The minimum absolute atomic E-state index is 0.343. The van der Waals surface area contributed by atoms with Gasteiger partial charge in [-0.05, 0) is 37.1 Å². The summed E-state index contributed by atoms with van der Waals surface area (Å²) < 4.78 is 0. The third-order valence-electron chi connectivity index (χ3n) is 5.30. The van der Waals surface area contributed by atoms with Crippen molar-refractivity contribution in [3.05, 3.63) is 96.1 Å². The summed E-state index contributed by atoms with van der Waals surface area (Å²) in [5, 5.41) is 0. The first-order chi connectivity index (χ1) is 12.3. The fourth-order valence-electron chi connectivity index (χ4n) is 3.75. The van der Waals surface area contributed by atoms with Gasteiger partial charge in [0.05, 0.1) is 30.1 Å². The van der Waals surface area contributed by atoms with Crippen LogP contribution in [-0.4, -0.2) is 6.67 Å². The Labute approximate surface area is 150 Å². The summed E-state index contributed by atoms with van der Waals surface area (Å²) in [4.78, 5) is 5.01. The van der Waals surface area contributed by atoms with E-state index in [-0.39, 0.29) is 0 Å². The maximum Gasteiger partial charge on any atom is 0.0916 e. The van der Waals surface area contributed by atoms with Crippen molar-refractivity contribution in [2.24, 2.45) is 0 Å². The summed E-state index contributed by atoms with van der Waals surface area (Å²) in [6.07, 6.45) is 0. The van der Waals surface area contributed by atoms with Crippen molar-refractivity contribution in [1.29, 1.82) is 0 Å². The van der Waals surface area contributed by atoms with Crippen LogP contribution in [-0.2, 0) is 0 Å². The quantitative estimate of drug-likeness (QED) is 0.598. The van der Waals surface area contributed by atoms with Crippen molar-refractivity contribution in [1.82, 2.24) is 0 Å². The van der Waals surface area contributed by atoms with Crippen LogP contribution in [0, 0.1) is 0 Å². The zero-order valence-electron chi connectivity index (χ0n) is 14.8. The van der Waals surface area contributed by atoms with E-state index in [9.17, 15) is 0 Å². The van der Waals surface area contributed by atoms with Crippen LogP contribution in [0.3, 0.4) is 0 Å². The summed E-state index contributed by atoms with van der Waals surface area (Å²) in [7, 11) is 0. The van der Waals surface area contributed by atoms with Gasteiger partial charge in [0.15, 0.2) is 0 Å². The molecule has 2 heteroatoms. The Morgan fingerprint density at radius 3 is 1.32 bits per heavy atom. The number of hydrogen-bond acceptors (Lipinski definition) is 2. The van der Waals surface area contributed by atoms with Gasteiger partial charge >= 0.3 is 0 Å². The van der Waals surface area contributed by atoms with Gasteiger partial charge in [-0.3, -0.25) is 0 Å². The lowest BCUT2D eigenvalue weighted by molar-refractivity contribution is 0.626. The highest BCUT2D eigenvalue weighted by molar-refractivity contribution is 5.77. The van der Waals surface area contributed by atoms with Crippen LogP contribution in [0.25, 0.3) is 0 Å². The maximum atomic E-state index is 2.50. The fraction of sp³-hybridized carbons (Fsp3) is 0.217. The molecule has 0 fully saturated rings. The number of hydrogen-bond donors (Lipinski definition) is 0. The van der Waals surface area contributed by atoms with E-state index in [0.29, 0.717) is 12.1 Å². The molecule has 126 valence electrons. The largest absolute Gasteiger partial charge is 0.345 e. The highest BCUT2D eigenvalue weighted by atomic mass is 15.4. The molecular weight excluding hydrogens is 304 g/mol. The van der Waals surface area contributed by atoms with Gasteiger partial charge in [-0.15, -0.1) is 0 Å². The summed E-state index contributed by atoms with van der Waals surface area (Å²) in [5.41, 5.74) is 5.35. The van der Waals surface area contributed by atoms with E-state index in [0.717, 1.165) is 6.67 Å². The standard InChI is InChI=1S/C23H24N2/c1-18(20-11-5-3-6-12-20)24-17-25(23-16-10-9-15-22(23)24)19(2)21-13-7-4-8-14-21/h3-16,18-19H,17H2,1-2H3/t18-,19+. The predicted octanol–water partition coefficient (Wildman–Crippen LogP) is 5.79. The smallest absolute Gasteiger partial charge is 0.0916 e. The van der Waals surface area contributed by atoms with Crippen LogP contribution in [0.2, 0.25) is 0 Å². The number of fused-ring (bicyclic) bond motifs is 1. The molecule has 0 saturated carbocycles. The molecular formula is C23H24N2. The van der Waals surface area contributed by atoms with Crippen LogP contribution in [0.4, 0.5) is 11.4 Å². The molecule has 1 aliphatic rings. The molecule has 0 radical (unpaired) electrons. The fourth-order valence-corrected chi connectivity index (χ4v) is 3.75. The Bertz CT molecular complexity index is 758. The second-order valence-corrected chi connectivity index (χ2v) is 6.74. The molecule has 0 amide bonds. The predicted molar refractivity (Wildman–Crippen MR) is 106 cm³/mol. The number of nitrogens with zero attached hydrogens (tertiary/aromatic N) is 2. The Balaban J connectivity index is 1.68. The van der Waals surface area contributed by atoms with Gasteiger partial charge in [-0.25, -0.2) is 0 Å². The Kier molecular flexibility index (Phi) is 4.19. The first-order valence-corrected chi connectivity index (χ1v) is 8.98. The van der Waals surface area contributed by atoms with Crippen molar-refractivity contribution >= 4 is 11.4 Å². The van der Waals surface area contributed by atoms with Crippen LogP contribution in [0.5, 0.6) is 0 Å². The van der Waals surface area contributed by atoms with Gasteiger partial charge in [-0.2, -0.15) is 0 Å². The van der Waals surface area contributed by atoms with Crippen molar-refractivity contribution in [2.45, 2.75) is 25.9 Å². The van der Waals surface area contributed by atoms with E-state index >= 15 is 0 Å². The molecule has 1 aliphatic heterocycles. The van der Waals surface area contributed by atoms with Gasteiger partial charge < -0.3 is 9.80 Å². The number of anilines is 2. The van der Waals surface area contributed by atoms with E-state index in [1.807, 2.05) is 0 Å². The average molecular weight is 328 g/mol. The molecule has 0 unspecified atom stereocenters. The molecule has 0 N–H and O–H groups in total. The summed E-state index contributed by atoms with van der Waals surface area (Å²) in [6.45, 7) is 5.50. The van der Waals surface area contributed by atoms with Gasteiger partial charge in [0.1, 0.15) is 0 Å². The van der Waals surface area contributed by atoms with E-state index in [1.165, 1.54) is 22.5 Å². The van der Waals surface area contributed by atoms with Crippen LogP contribution >= 0.6 is 0 Å². The molecule has 0 saturated heterocycles. The summed E-state index contributed by atoms with van der Waals surface area (Å²) >= 11 is 0. The van der Waals surface area contributed by atoms with E-state index in [2.05, 4.69) is 109 Å². The molecule has 0 aliphatic carbocycles. The number of benzene rings is 3. The van der Waals surface area contributed by atoms with Crippen LogP contribution < -0.4 is 9.80 Å². The third kappa shape index (κ3) is 2.89. The van der Waals surface area contributed by atoms with Crippen LogP contribution in [0.1, 0.15) is 37.1 Å². The molecule has 2 nitrogen and oxygen atoms in total. The molecule has 25 heavy (non-hydrogen) atoms. The Morgan fingerprint density at radius 2 is 0.920 bits per heavy atom. The highest BCUT2D eigenvalue weighted by Crippen LogP contribution is 2.43. The second-order valence-electron chi connectivity index (χ2n) is 6.74. The zero-order valence-corrected chi connectivity index (χ0v) is 14.8. The van der Waals surface area contributed by atoms with Crippen LogP contribution in [0.15, 0.2) is 84.9 Å². The molecule has 1 heterocycles. The van der Waals surface area contributed by atoms with Crippen molar-refractivity contribution < 1.29 is 0 Å². The second kappa shape index (κ2) is 6.64. The highest BCUT2D eigenvalue weighted by Gasteiger charge is 2.32. The molecule has 3 aromatic rings. The van der Waals surface area contributed by atoms with Gasteiger partial charge in [0.25, 0.3) is 0 Å². The lowest BCUT2D eigenvalue weighted by atomic mass is 10.1. The summed E-state index contributed by atoms with van der Waals surface area (Å²) in [6, 6.07) is 31.0. The number of para-hydroxylation sites is 2. The zero-order chi connectivity index (χ0) is 17.2. The normalized spacial score (nSPS) is 15.8. The van der Waals surface area contributed by atoms with Gasteiger partial charge in [0.2, 0.25) is 0 Å². The topological polar surface area (TPSA) is 6.48 Å². The average Bonchev–Trinajstić information content (AvgIpc) is 3.08. The Hall–Kier alpha value is -2.74. The van der Waals surface area contributed by atoms with Crippen molar-refractivity contribution in [3.8, 4) is 0 Å². The molecule has 0 aromatic heterocycles. The maximum absolute atomic E-state index is 2.50. The monoisotopic (exact) mass is 328 g/mol. The molecule has 3 aromatic carbocycles. The first kappa shape index (κ1) is 15.8. The summed E-state index contributed by atoms with van der Waals surface area (Å²) in [5.74, 6) is 0. The van der Waals surface area contributed by atoms with E-state index < -0.39 is 0 Å². The SMILES string of the molecule is C[C@H](c1ccccc1)N1CN([C@@H](C)c2ccccc2)c2ccccc21. The van der Waals surface area contributed by atoms with E-state index in [1.54, 1.807) is 0 Å². The molecule has 0 spiro atoms. The third-order valence-corrected chi connectivity index (χ3v) is 5.30. The van der Waals surface area contributed by atoms with E-state index in [4.69, 9.17) is 0 Å². The number of rotatable bonds is 4. The molecule has 4 rings (SSSR count). The Morgan fingerprint density at radius 1 is 0.560 bits per heavy atom. The van der Waals surface area contributed by atoms with Gasteiger partial charge in [0, 0.05) is 0 Å². The lowest BCUT2D eigenvalue weighted by Crippen LogP contribution is -2.34. The minimum Gasteiger partial charge on any atom is -0.345 e. The molecule has 0 bridgehead atoms. The lowest BCUT2D eigenvalue weighted by Gasteiger charge is -2.31.